The molecule has 2 aromatic rings. The predicted octanol–water partition coefficient (Wildman–Crippen LogP) is 2.00. The number of carbonyl (C=O) groups is 2. The van der Waals surface area contributed by atoms with Gasteiger partial charge in [-0.3, -0.25) is 9.59 Å². The highest BCUT2D eigenvalue weighted by molar-refractivity contribution is 7.88. The number of benzene rings is 2. The highest BCUT2D eigenvalue weighted by Gasteiger charge is 2.26. The van der Waals surface area contributed by atoms with Crippen LogP contribution in [-0.4, -0.2) is 56.5 Å². The first-order valence-electron chi connectivity index (χ1n) is 9.76. The number of halogens is 1. The third-order valence-corrected chi connectivity index (χ3v) is 6.20. The molecule has 3 rings (SSSR count). The number of para-hydroxylation sites is 2. The Bertz CT molecular complexity index is 1050. The number of nitrogens with zero attached hydrogens (tertiary/aromatic N) is 1. The summed E-state index contributed by atoms with van der Waals surface area (Å²) in [6.45, 7) is 0.293. The van der Waals surface area contributed by atoms with Crippen LogP contribution in [0.25, 0.3) is 0 Å². The van der Waals surface area contributed by atoms with E-state index in [-0.39, 0.29) is 28.9 Å². The van der Waals surface area contributed by atoms with E-state index in [4.69, 9.17) is 4.74 Å². The van der Waals surface area contributed by atoms with Gasteiger partial charge in [-0.05, 0) is 37.1 Å². The monoisotopic (exact) mass is 449 g/mol. The average molecular weight is 450 g/mol. The number of ether oxygens (including phenoxy) is 1. The van der Waals surface area contributed by atoms with Crippen LogP contribution in [0.5, 0.6) is 5.75 Å². The lowest BCUT2D eigenvalue weighted by atomic mass is 10.1. The van der Waals surface area contributed by atoms with Crippen molar-refractivity contribution in [3.63, 3.8) is 0 Å². The maximum atomic E-state index is 13.7. The molecule has 1 saturated heterocycles. The van der Waals surface area contributed by atoms with Crippen LogP contribution in [0.4, 0.5) is 10.1 Å². The molecule has 2 N–H and O–H groups in total. The van der Waals surface area contributed by atoms with Gasteiger partial charge in [0.15, 0.2) is 6.61 Å². The zero-order valence-corrected chi connectivity index (χ0v) is 17.8. The van der Waals surface area contributed by atoms with E-state index in [9.17, 15) is 22.4 Å². The first kappa shape index (κ1) is 22.7. The van der Waals surface area contributed by atoms with Gasteiger partial charge in [-0.1, -0.05) is 24.3 Å². The molecule has 31 heavy (non-hydrogen) atoms. The molecule has 10 heteroatoms. The first-order chi connectivity index (χ1) is 14.7. The van der Waals surface area contributed by atoms with E-state index in [1.54, 1.807) is 30.3 Å². The van der Waals surface area contributed by atoms with Gasteiger partial charge in [-0.15, -0.1) is 0 Å². The SMILES string of the molecule is CS(=O)(=O)N1CCC(NC(=O)c2ccccc2OCC(=O)Nc2ccccc2F)CC1. The minimum Gasteiger partial charge on any atom is -0.483 e. The van der Waals surface area contributed by atoms with Crippen LogP contribution in [0.3, 0.4) is 0 Å². The molecule has 1 heterocycles. The van der Waals surface area contributed by atoms with Crippen molar-refractivity contribution in [2.75, 3.05) is 31.3 Å². The predicted molar refractivity (Wildman–Crippen MR) is 114 cm³/mol. The van der Waals surface area contributed by atoms with Gasteiger partial charge >= 0.3 is 0 Å². The minimum absolute atomic E-state index is 0.0440. The highest BCUT2D eigenvalue weighted by atomic mass is 32.2. The van der Waals surface area contributed by atoms with Gasteiger partial charge in [0.05, 0.1) is 17.5 Å². The number of nitrogens with one attached hydrogen (secondary N) is 2. The van der Waals surface area contributed by atoms with Gasteiger partial charge in [-0.2, -0.15) is 0 Å². The van der Waals surface area contributed by atoms with Crippen molar-refractivity contribution in [3.05, 3.63) is 59.9 Å². The normalized spacial score (nSPS) is 15.3. The van der Waals surface area contributed by atoms with Crippen LogP contribution in [0.1, 0.15) is 23.2 Å². The maximum absolute atomic E-state index is 13.7. The lowest BCUT2D eigenvalue weighted by Gasteiger charge is -2.30. The van der Waals surface area contributed by atoms with Crippen molar-refractivity contribution < 1.29 is 27.1 Å². The summed E-state index contributed by atoms with van der Waals surface area (Å²) >= 11 is 0. The molecule has 0 aromatic heterocycles. The fourth-order valence-corrected chi connectivity index (χ4v) is 4.14. The number of hydrogen-bond donors (Lipinski definition) is 2. The smallest absolute Gasteiger partial charge is 0.262 e. The van der Waals surface area contributed by atoms with Crippen LogP contribution >= 0.6 is 0 Å². The maximum Gasteiger partial charge on any atom is 0.262 e. The van der Waals surface area contributed by atoms with Crippen LogP contribution in [0, 0.1) is 5.82 Å². The number of rotatable bonds is 7. The average Bonchev–Trinajstić information content (AvgIpc) is 2.74. The molecule has 0 spiro atoms. The van der Waals surface area contributed by atoms with E-state index in [1.807, 2.05) is 0 Å². The summed E-state index contributed by atoms with van der Waals surface area (Å²) in [4.78, 5) is 24.8. The Kier molecular flexibility index (Phi) is 7.24. The van der Waals surface area contributed by atoms with Crippen molar-refractivity contribution in [1.82, 2.24) is 9.62 Å². The number of carbonyl (C=O) groups excluding carboxylic acids is 2. The van der Waals surface area contributed by atoms with Gasteiger partial charge in [0, 0.05) is 19.1 Å². The lowest BCUT2D eigenvalue weighted by molar-refractivity contribution is -0.118. The van der Waals surface area contributed by atoms with Gasteiger partial charge in [0.2, 0.25) is 10.0 Å². The molecular formula is C21H24FN3O5S. The number of hydrogen-bond acceptors (Lipinski definition) is 5. The fourth-order valence-electron chi connectivity index (χ4n) is 3.27. The van der Waals surface area contributed by atoms with Gasteiger partial charge < -0.3 is 15.4 Å². The fraction of sp³-hybridized carbons (Fsp3) is 0.333. The zero-order valence-electron chi connectivity index (χ0n) is 17.0. The van der Waals surface area contributed by atoms with Gasteiger partial charge in [0.1, 0.15) is 11.6 Å². The van der Waals surface area contributed by atoms with E-state index >= 15 is 0 Å². The second-order valence-electron chi connectivity index (χ2n) is 7.22. The van der Waals surface area contributed by atoms with Crippen molar-refractivity contribution in [3.8, 4) is 5.75 Å². The third kappa shape index (κ3) is 6.25. The van der Waals surface area contributed by atoms with Crippen LogP contribution in [0.15, 0.2) is 48.5 Å². The molecule has 0 bridgehead atoms. The largest absolute Gasteiger partial charge is 0.483 e. The summed E-state index contributed by atoms with van der Waals surface area (Å²) in [6.07, 6.45) is 2.18. The Morgan fingerprint density at radius 2 is 1.74 bits per heavy atom. The number of amides is 2. The molecule has 8 nitrogen and oxygen atoms in total. The highest BCUT2D eigenvalue weighted by Crippen LogP contribution is 2.20. The first-order valence-corrected chi connectivity index (χ1v) is 11.6. The summed E-state index contributed by atoms with van der Waals surface area (Å²) in [7, 11) is -3.24. The second kappa shape index (κ2) is 9.88. The Morgan fingerprint density at radius 1 is 1.10 bits per heavy atom. The quantitative estimate of drug-likeness (QED) is 0.673. The molecular weight excluding hydrogens is 425 g/mol. The standard InChI is InChI=1S/C21H24FN3O5S/c1-31(28,29)25-12-10-15(11-13-25)23-21(27)16-6-2-5-9-19(16)30-14-20(26)24-18-8-4-3-7-17(18)22/h2-9,15H,10-14H2,1H3,(H,23,27)(H,24,26). The Hall–Kier alpha value is -2.98. The molecule has 166 valence electrons. The van der Waals surface area contributed by atoms with E-state index < -0.39 is 28.4 Å². The minimum atomic E-state index is -3.24. The topological polar surface area (TPSA) is 105 Å². The molecule has 2 amide bonds. The molecule has 1 aliphatic heterocycles. The lowest BCUT2D eigenvalue weighted by Crippen LogP contribution is -2.46. The summed E-state index contributed by atoms with van der Waals surface area (Å²) in [6, 6.07) is 12.1. The van der Waals surface area contributed by atoms with Crippen LogP contribution in [-0.2, 0) is 14.8 Å². The molecule has 0 saturated carbocycles. The van der Waals surface area contributed by atoms with E-state index in [0.29, 0.717) is 25.9 Å². The molecule has 0 radical (unpaired) electrons. The van der Waals surface area contributed by atoms with Crippen molar-refractivity contribution in [2.45, 2.75) is 18.9 Å². The van der Waals surface area contributed by atoms with Crippen molar-refractivity contribution in [2.24, 2.45) is 0 Å². The van der Waals surface area contributed by atoms with Crippen LogP contribution in [0.2, 0.25) is 0 Å². The summed E-state index contributed by atoms with van der Waals surface area (Å²) in [5, 5.41) is 5.31. The van der Waals surface area contributed by atoms with E-state index in [1.165, 1.54) is 28.8 Å². The summed E-state index contributed by atoms with van der Waals surface area (Å²) in [5.41, 5.74) is 0.300. The molecule has 0 aliphatic carbocycles. The summed E-state index contributed by atoms with van der Waals surface area (Å²) < 4.78 is 43.8. The van der Waals surface area contributed by atoms with E-state index in [0.717, 1.165) is 0 Å². The van der Waals surface area contributed by atoms with Gasteiger partial charge in [-0.25, -0.2) is 17.1 Å². The third-order valence-electron chi connectivity index (χ3n) is 4.90. The van der Waals surface area contributed by atoms with Crippen molar-refractivity contribution >= 4 is 27.5 Å². The zero-order chi connectivity index (χ0) is 22.4. The summed E-state index contributed by atoms with van der Waals surface area (Å²) in [5.74, 6) is -1.27. The van der Waals surface area contributed by atoms with Crippen molar-refractivity contribution in [1.29, 1.82) is 0 Å². The Balaban J connectivity index is 1.57. The second-order valence-corrected chi connectivity index (χ2v) is 9.21. The molecule has 2 aromatic carbocycles. The van der Waals surface area contributed by atoms with E-state index in [2.05, 4.69) is 10.6 Å². The number of sulfonamides is 1. The molecule has 1 fully saturated rings. The Labute approximate surface area is 180 Å². The van der Waals surface area contributed by atoms with Crippen LogP contribution < -0.4 is 15.4 Å². The Morgan fingerprint density at radius 3 is 2.42 bits per heavy atom. The number of piperidine rings is 1. The molecule has 0 unspecified atom stereocenters. The number of anilines is 1. The molecule has 1 aliphatic rings. The van der Waals surface area contributed by atoms with Gasteiger partial charge in [0.25, 0.3) is 11.8 Å². The molecule has 0 atom stereocenters.